The van der Waals surface area contributed by atoms with Crippen LogP contribution in [-0.2, 0) is 9.59 Å². The van der Waals surface area contributed by atoms with Crippen molar-refractivity contribution >= 4 is 17.6 Å². The monoisotopic (exact) mass is 594 g/mol. The summed E-state index contributed by atoms with van der Waals surface area (Å²) in [4.78, 5) is 31.3. The Hall–Kier alpha value is -3.39. The Balaban J connectivity index is 1.73. The first-order valence-corrected chi connectivity index (χ1v) is 15.6. The van der Waals surface area contributed by atoms with Crippen molar-refractivity contribution in [1.29, 1.82) is 0 Å². The average Bonchev–Trinajstić information content (AvgIpc) is 3.55. The highest BCUT2D eigenvalue weighted by Gasteiger charge is 2.49. The molecule has 0 bridgehead atoms. The second-order valence-electron chi connectivity index (χ2n) is 12.7. The van der Waals surface area contributed by atoms with Gasteiger partial charge in [-0.15, -0.1) is 0 Å². The number of carboxylic acids is 1. The Morgan fingerprint density at radius 1 is 1.12 bits per heavy atom. The summed E-state index contributed by atoms with van der Waals surface area (Å²) in [5, 5.41) is 10.6. The molecule has 1 amide bonds. The maximum atomic E-state index is 14.4. The number of halogens is 1. The number of benzene rings is 2. The van der Waals surface area contributed by atoms with Gasteiger partial charge in [0, 0.05) is 30.2 Å². The molecule has 0 saturated carbocycles. The summed E-state index contributed by atoms with van der Waals surface area (Å²) in [7, 11) is 0. The molecule has 7 nitrogen and oxygen atoms in total. The van der Waals surface area contributed by atoms with Crippen molar-refractivity contribution in [2.24, 2.45) is 11.3 Å². The summed E-state index contributed by atoms with van der Waals surface area (Å²) < 4.78 is 25.4. The van der Waals surface area contributed by atoms with Crippen LogP contribution in [0.15, 0.2) is 48.6 Å². The number of allylic oxidation sites excluding steroid dienone is 2. The lowest BCUT2D eigenvalue weighted by atomic mass is 9.77. The Labute approximate surface area is 255 Å². The van der Waals surface area contributed by atoms with Gasteiger partial charge in [-0.3, -0.25) is 14.5 Å². The third-order valence-electron chi connectivity index (χ3n) is 8.85. The van der Waals surface area contributed by atoms with E-state index in [0.717, 1.165) is 31.2 Å². The van der Waals surface area contributed by atoms with Crippen molar-refractivity contribution < 1.29 is 28.6 Å². The number of rotatable bonds is 13. The van der Waals surface area contributed by atoms with Crippen LogP contribution in [0.4, 0.5) is 10.1 Å². The third-order valence-corrected chi connectivity index (χ3v) is 8.85. The summed E-state index contributed by atoms with van der Waals surface area (Å²) in [6, 6.07) is 10.1. The molecule has 2 aliphatic rings. The van der Waals surface area contributed by atoms with E-state index in [1.165, 1.54) is 6.07 Å². The Kier molecular flexibility index (Phi) is 10.5. The molecule has 1 fully saturated rings. The van der Waals surface area contributed by atoms with Crippen LogP contribution in [-0.4, -0.2) is 53.8 Å². The van der Waals surface area contributed by atoms with Crippen molar-refractivity contribution in [3.8, 4) is 11.5 Å². The van der Waals surface area contributed by atoms with Crippen molar-refractivity contribution in [2.45, 2.75) is 91.6 Å². The quantitative estimate of drug-likeness (QED) is 0.245. The molecule has 2 aliphatic heterocycles. The molecular weight excluding hydrogens is 547 g/mol. The van der Waals surface area contributed by atoms with E-state index in [4.69, 9.17) is 9.47 Å². The number of ether oxygens (including phenoxy) is 2. The number of carbonyl (C=O) groups excluding carboxylic acids is 1. The average molecular weight is 595 g/mol. The fraction of sp³-hybridized carbons (Fsp3) is 0.543. The highest BCUT2D eigenvalue weighted by atomic mass is 19.1. The molecule has 2 aromatic rings. The molecule has 0 radical (unpaired) electrons. The number of amides is 1. The maximum absolute atomic E-state index is 14.4. The maximum Gasteiger partial charge on any atom is 0.308 e. The van der Waals surface area contributed by atoms with Gasteiger partial charge in [-0.2, -0.15) is 0 Å². The van der Waals surface area contributed by atoms with Gasteiger partial charge in [0.1, 0.15) is 5.82 Å². The van der Waals surface area contributed by atoms with E-state index in [1.807, 2.05) is 36.1 Å². The molecule has 4 rings (SSSR count). The third kappa shape index (κ3) is 7.40. The van der Waals surface area contributed by atoms with Gasteiger partial charge in [0.25, 0.3) is 0 Å². The Morgan fingerprint density at radius 3 is 2.44 bits per heavy atom. The number of hydrogen-bond acceptors (Lipinski definition) is 5. The minimum Gasteiger partial charge on any atom is -0.481 e. The molecule has 8 heteroatoms. The van der Waals surface area contributed by atoms with E-state index in [1.54, 1.807) is 19.1 Å². The van der Waals surface area contributed by atoms with Crippen LogP contribution in [0.2, 0.25) is 0 Å². The molecule has 1 unspecified atom stereocenters. The van der Waals surface area contributed by atoms with Crippen molar-refractivity contribution in [3.63, 3.8) is 0 Å². The number of fused-ring (bicyclic) bond motifs is 1. The highest BCUT2D eigenvalue weighted by molar-refractivity contribution is 5.95. The Morgan fingerprint density at radius 2 is 1.81 bits per heavy atom. The highest BCUT2D eigenvalue weighted by Crippen LogP contribution is 2.45. The number of carbonyl (C=O) groups is 2. The van der Waals surface area contributed by atoms with Crippen LogP contribution >= 0.6 is 0 Å². The molecule has 43 heavy (non-hydrogen) atoms. The first kappa shape index (κ1) is 32.5. The van der Waals surface area contributed by atoms with Gasteiger partial charge >= 0.3 is 5.97 Å². The molecule has 0 aromatic heterocycles. The van der Waals surface area contributed by atoms with Gasteiger partial charge in [-0.1, -0.05) is 58.8 Å². The van der Waals surface area contributed by atoms with E-state index < -0.39 is 11.9 Å². The van der Waals surface area contributed by atoms with E-state index in [-0.39, 0.29) is 48.5 Å². The number of hydrogen-bond donors (Lipinski definition) is 1. The largest absolute Gasteiger partial charge is 0.481 e. The minimum absolute atomic E-state index is 0.0344. The van der Waals surface area contributed by atoms with Crippen LogP contribution in [0.3, 0.4) is 0 Å². The summed E-state index contributed by atoms with van der Waals surface area (Å²) in [6.07, 6.45) is 8.14. The van der Waals surface area contributed by atoms with Gasteiger partial charge in [-0.05, 0) is 80.0 Å². The van der Waals surface area contributed by atoms with E-state index >= 15 is 0 Å². The lowest BCUT2D eigenvalue weighted by Crippen LogP contribution is -2.48. The predicted octanol–water partition coefficient (Wildman–Crippen LogP) is 7.33. The number of carboxylic acid groups (broad SMARTS) is 1. The van der Waals surface area contributed by atoms with Gasteiger partial charge in [0.2, 0.25) is 12.7 Å². The first-order valence-electron chi connectivity index (χ1n) is 15.6. The minimum atomic E-state index is -0.875. The zero-order chi connectivity index (χ0) is 31.3. The number of aliphatic carboxylic acids is 1. The zero-order valence-electron chi connectivity index (χ0n) is 26.4. The van der Waals surface area contributed by atoms with Gasteiger partial charge < -0.3 is 19.5 Å². The molecule has 1 saturated heterocycles. The normalized spacial score (nSPS) is 20.3. The topological polar surface area (TPSA) is 79.3 Å². The lowest BCUT2D eigenvalue weighted by Gasteiger charge is -2.36. The van der Waals surface area contributed by atoms with Gasteiger partial charge in [0.15, 0.2) is 11.5 Å². The summed E-state index contributed by atoms with van der Waals surface area (Å²) in [5.41, 5.74) is 1.76. The number of nitrogens with zero attached hydrogens (tertiary/aromatic N) is 2. The molecular formula is C35H47FN2O5. The van der Waals surface area contributed by atoms with Gasteiger partial charge in [0.05, 0.1) is 12.5 Å². The fourth-order valence-electron chi connectivity index (χ4n) is 6.94. The van der Waals surface area contributed by atoms with Crippen molar-refractivity contribution in [3.05, 3.63) is 65.5 Å². The first-order chi connectivity index (χ1) is 20.5. The molecule has 0 spiro atoms. The number of anilines is 1. The molecule has 3 atom stereocenters. The zero-order valence-corrected chi connectivity index (χ0v) is 26.4. The van der Waals surface area contributed by atoms with Crippen molar-refractivity contribution in [1.82, 2.24) is 4.90 Å². The fourth-order valence-corrected chi connectivity index (χ4v) is 6.94. The van der Waals surface area contributed by atoms with E-state index in [9.17, 15) is 19.1 Å². The standard InChI is InChI=1S/C35H47FN2O5/c1-7-10-25(11-8-2)38(26-13-14-28(36)23(4)17-26)32(39)21-37-20-27(24-12-15-30-31(18-24)43-22-42-30)33(34(40)41)29(37)19-35(5,6)16-9-3/h9,12-18,25,27,29,33H,7-8,10-11,19-22H2,1-6H3,(H,40,41)/t27-,29+,33?/m1/s1. The molecule has 0 aliphatic carbocycles. The second-order valence-corrected chi connectivity index (χ2v) is 12.7. The molecule has 2 aromatic carbocycles. The SMILES string of the molecule is CC=CC(C)(C)C[C@H]1C(C(=O)O)[C@@H](c2ccc3c(c2)OCO3)CN1CC(=O)N(c1ccc(F)c(C)c1)C(CCC)CCC. The molecule has 234 valence electrons. The smallest absolute Gasteiger partial charge is 0.308 e. The van der Waals surface area contributed by atoms with E-state index in [0.29, 0.717) is 35.7 Å². The van der Waals surface area contributed by atoms with E-state index in [2.05, 4.69) is 38.7 Å². The summed E-state index contributed by atoms with van der Waals surface area (Å²) in [6.45, 7) is 12.7. The van der Waals surface area contributed by atoms with Crippen LogP contribution in [0.5, 0.6) is 11.5 Å². The van der Waals surface area contributed by atoms with Crippen LogP contribution in [0, 0.1) is 24.1 Å². The predicted molar refractivity (Wildman–Crippen MR) is 167 cm³/mol. The number of aryl methyl sites for hydroxylation is 1. The van der Waals surface area contributed by atoms with Crippen LogP contribution in [0.25, 0.3) is 0 Å². The molecule has 1 N–H and O–H groups in total. The Bertz CT molecular complexity index is 1320. The van der Waals surface area contributed by atoms with Crippen LogP contribution in [0.1, 0.15) is 83.8 Å². The summed E-state index contributed by atoms with van der Waals surface area (Å²) in [5.74, 6) is -1.07. The number of likely N-dealkylation sites (tertiary alicyclic amines) is 1. The molecule has 2 heterocycles. The summed E-state index contributed by atoms with van der Waals surface area (Å²) >= 11 is 0. The van der Waals surface area contributed by atoms with Crippen molar-refractivity contribution in [2.75, 3.05) is 24.8 Å². The lowest BCUT2D eigenvalue weighted by molar-refractivity contribution is -0.143. The second kappa shape index (κ2) is 13.9. The van der Waals surface area contributed by atoms with Gasteiger partial charge in [-0.25, -0.2) is 4.39 Å². The van der Waals surface area contributed by atoms with Crippen LogP contribution < -0.4 is 14.4 Å².